The molecule has 0 aromatic heterocycles. The summed E-state index contributed by atoms with van der Waals surface area (Å²) in [5.41, 5.74) is 12.4. The minimum absolute atomic E-state index is 0.0348. The number of carboxylic acids is 1. The first-order valence-electron chi connectivity index (χ1n) is 8.86. The summed E-state index contributed by atoms with van der Waals surface area (Å²) in [4.78, 5) is 15.6. The fourth-order valence-corrected chi connectivity index (χ4v) is 4.18. The van der Waals surface area contributed by atoms with E-state index in [4.69, 9.17) is 21.2 Å². The molecule has 2 aromatic rings. The smallest absolute Gasteiger partial charge is 0.359 e. The minimum atomic E-state index is -4.05. The van der Waals surface area contributed by atoms with Crippen LogP contribution in [0.4, 0.5) is 5.69 Å². The van der Waals surface area contributed by atoms with Crippen molar-refractivity contribution in [1.82, 2.24) is 0 Å². The molecule has 6 N–H and O–H groups in total. The topological polar surface area (TPSA) is 157 Å². The van der Waals surface area contributed by atoms with Gasteiger partial charge in [0.05, 0.1) is 24.4 Å². The number of aliphatic carboxylic acids is 1. The van der Waals surface area contributed by atoms with Crippen molar-refractivity contribution in [3.05, 3.63) is 65.7 Å². The van der Waals surface area contributed by atoms with Crippen molar-refractivity contribution < 1.29 is 28.9 Å². The molecule has 0 spiro atoms. The molecule has 2 unspecified atom stereocenters. The van der Waals surface area contributed by atoms with Crippen LogP contribution in [0.5, 0.6) is 0 Å². The molecule has 156 valence electrons. The number of benzene rings is 2. The molecule has 0 fully saturated rings. The normalized spacial score (nSPS) is 14.0. The first kappa shape index (κ1) is 22.6. The summed E-state index contributed by atoms with van der Waals surface area (Å²) in [7, 11) is -4.05. The SMILES string of the molecule is NC(N)=Nc1cccc(C(CP(=O)(OO)OCCCc2ccccc2)C(=O)O)c1. The monoisotopic (exact) mass is 421 g/mol. The van der Waals surface area contributed by atoms with Crippen LogP contribution in [0.3, 0.4) is 0 Å². The van der Waals surface area contributed by atoms with E-state index in [1.165, 1.54) is 12.1 Å². The maximum absolute atomic E-state index is 12.7. The number of hydrogen-bond acceptors (Lipinski definition) is 6. The van der Waals surface area contributed by atoms with Crippen molar-refractivity contribution in [2.75, 3.05) is 12.8 Å². The van der Waals surface area contributed by atoms with Crippen molar-refractivity contribution in [3.63, 3.8) is 0 Å². The molecule has 0 aliphatic rings. The molecular weight excluding hydrogens is 397 g/mol. The first-order chi connectivity index (χ1) is 13.8. The number of rotatable bonds is 11. The number of nitrogens with zero attached hydrogens (tertiary/aromatic N) is 1. The second-order valence-electron chi connectivity index (χ2n) is 6.32. The van der Waals surface area contributed by atoms with Crippen LogP contribution in [0.25, 0.3) is 0 Å². The summed E-state index contributed by atoms with van der Waals surface area (Å²) in [5.74, 6) is -2.69. The molecule has 9 nitrogen and oxygen atoms in total. The Kier molecular flexibility index (Phi) is 8.35. The molecule has 2 aromatic carbocycles. The fourth-order valence-electron chi connectivity index (χ4n) is 2.74. The van der Waals surface area contributed by atoms with E-state index in [2.05, 4.69) is 9.67 Å². The lowest BCUT2D eigenvalue weighted by Gasteiger charge is -2.19. The molecule has 0 aliphatic heterocycles. The Morgan fingerprint density at radius 2 is 1.86 bits per heavy atom. The van der Waals surface area contributed by atoms with E-state index in [1.807, 2.05) is 30.3 Å². The number of aliphatic imine (C=N–C) groups is 1. The third-order valence-electron chi connectivity index (χ3n) is 4.10. The van der Waals surface area contributed by atoms with Gasteiger partial charge in [0.15, 0.2) is 5.96 Å². The van der Waals surface area contributed by atoms with Crippen LogP contribution in [0, 0.1) is 0 Å². The predicted octanol–water partition coefficient (Wildman–Crippen LogP) is 3.09. The van der Waals surface area contributed by atoms with Crippen molar-refractivity contribution >= 4 is 25.2 Å². The number of carboxylic acid groups (broad SMARTS) is 1. The molecule has 0 saturated carbocycles. The van der Waals surface area contributed by atoms with Crippen LogP contribution >= 0.6 is 7.60 Å². The predicted molar refractivity (Wildman–Crippen MR) is 109 cm³/mol. The van der Waals surface area contributed by atoms with Gasteiger partial charge in [0.1, 0.15) is 0 Å². The molecule has 10 heteroatoms. The molecular formula is C19H24N3O6P. The summed E-state index contributed by atoms with van der Waals surface area (Å²) >= 11 is 0. The van der Waals surface area contributed by atoms with Crippen molar-refractivity contribution in [2.45, 2.75) is 18.8 Å². The Hall–Kier alpha value is -2.71. The zero-order valence-corrected chi connectivity index (χ0v) is 16.6. The Morgan fingerprint density at radius 3 is 2.48 bits per heavy atom. The standard InChI is InChI=1S/C19H24N3O6P/c20-19(21)22-16-10-4-9-15(12-16)17(18(23)24)13-29(26,28-25)27-11-5-8-14-6-2-1-3-7-14/h1-4,6-7,9-10,12,17,25H,5,8,11,13H2,(H,23,24)(H4,20,21,22). The number of hydrogen-bond donors (Lipinski definition) is 4. The highest BCUT2D eigenvalue weighted by Crippen LogP contribution is 2.50. The summed E-state index contributed by atoms with van der Waals surface area (Å²) in [6, 6.07) is 15.8. The lowest BCUT2D eigenvalue weighted by Crippen LogP contribution is -2.22. The quantitative estimate of drug-likeness (QED) is 0.108. The summed E-state index contributed by atoms with van der Waals surface area (Å²) in [6.45, 7) is 0.0348. The van der Waals surface area contributed by atoms with Gasteiger partial charge in [-0.15, -0.1) is 0 Å². The van der Waals surface area contributed by atoms with Gasteiger partial charge in [0.25, 0.3) is 0 Å². The molecule has 0 radical (unpaired) electrons. The minimum Gasteiger partial charge on any atom is -0.481 e. The third kappa shape index (κ3) is 7.32. The molecule has 2 rings (SSSR count). The average molecular weight is 421 g/mol. The van der Waals surface area contributed by atoms with Gasteiger partial charge in [-0.1, -0.05) is 42.5 Å². The Balaban J connectivity index is 2.05. The zero-order chi connectivity index (χ0) is 21.3. The first-order valence-corrected chi connectivity index (χ1v) is 10.6. The second-order valence-corrected chi connectivity index (χ2v) is 8.33. The molecule has 0 saturated heterocycles. The molecule has 29 heavy (non-hydrogen) atoms. The second kappa shape index (κ2) is 10.7. The van der Waals surface area contributed by atoms with E-state index in [0.717, 1.165) is 5.56 Å². The Bertz CT molecular complexity index is 887. The molecule has 0 aliphatic carbocycles. The third-order valence-corrected chi connectivity index (χ3v) is 5.74. The number of carbonyl (C=O) groups is 1. The van der Waals surface area contributed by atoms with E-state index < -0.39 is 25.6 Å². The maximum atomic E-state index is 12.7. The van der Waals surface area contributed by atoms with E-state index in [0.29, 0.717) is 24.1 Å². The van der Waals surface area contributed by atoms with Crippen LogP contribution in [0.15, 0.2) is 59.6 Å². The summed E-state index contributed by atoms with van der Waals surface area (Å²) in [5, 5.41) is 18.7. The largest absolute Gasteiger partial charge is 0.481 e. The van der Waals surface area contributed by atoms with Gasteiger partial charge in [0, 0.05) is 0 Å². The van der Waals surface area contributed by atoms with E-state index in [9.17, 15) is 14.5 Å². The van der Waals surface area contributed by atoms with Gasteiger partial charge in [0.2, 0.25) is 0 Å². The number of aryl methyl sites for hydroxylation is 1. The lowest BCUT2D eigenvalue weighted by atomic mass is 10.0. The van der Waals surface area contributed by atoms with Crippen LogP contribution in [-0.2, 0) is 25.0 Å². The summed E-state index contributed by atoms with van der Waals surface area (Å²) < 4.78 is 22.1. The molecule has 2 atom stereocenters. The van der Waals surface area contributed by atoms with Crippen molar-refractivity contribution in [1.29, 1.82) is 0 Å². The van der Waals surface area contributed by atoms with E-state index in [1.54, 1.807) is 12.1 Å². The fraction of sp³-hybridized carbons (Fsp3) is 0.263. The van der Waals surface area contributed by atoms with E-state index >= 15 is 0 Å². The van der Waals surface area contributed by atoms with Crippen LogP contribution in [0.2, 0.25) is 0 Å². The highest BCUT2D eigenvalue weighted by molar-refractivity contribution is 7.53. The zero-order valence-electron chi connectivity index (χ0n) is 15.7. The van der Waals surface area contributed by atoms with Crippen molar-refractivity contribution in [3.8, 4) is 0 Å². The molecule has 0 amide bonds. The molecule has 0 heterocycles. The summed E-state index contributed by atoms with van der Waals surface area (Å²) in [6.07, 6.45) is 0.652. The highest BCUT2D eigenvalue weighted by Gasteiger charge is 2.34. The van der Waals surface area contributed by atoms with Crippen LogP contribution in [0.1, 0.15) is 23.5 Å². The Labute approximate surface area is 168 Å². The Morgan fingerprint density at radius 1 is 1.14 bits per heavy atom. The highest BCUT2D eigenvalue weighted by atomic mass is 31.2. The maximum Gasteiger partial charge on any atom is 0.359 e. The van der Waals surface area contributed by atoms with Crippen LogP contribution < -0.4 is 11.5 Å². The van der Waals surface area contributed by atoms with Gasteiger partial charge < -0.3 is 21.1 Å². The van der Waals surface area contributed by atoms with Gasteiger partial charge in [-0.3, -0.25) is 9.36 Å². The average Bonchev–Trinajstić information content (AvgIpc) is 2.70. The van der Waals surface area contributed by atoms with Gasteiger partial charge in [-0.2, -0.15) is 4.67 Å². The van der Waals surface area contributed by atoms with Gasteiger partial charge >= 0.3 is 13.6 Å². The van der Waals surface area contributed by atoms with Gasteiger partial charge in [-0.05, 0) is 36.1 Å². The van der Waals surface area contributed by atoms with Crippen molar-refractivity contribution in [2.24, 2.45) is 16.5 Å². The number of guanidine groups is 1. The molecule has 0 bridgehead atoms. The lowest BCUT2D eigenvalue weighted by molar-refractivity contribution is -0.150. The number of nitrogens with two attached hydrogens (primary N) is 2. The van der Waals surface area contributed by atoms with Crippen LogP contribution in [-0.4, -0.2) is 35.1 Å². The van der Waals surface area contributed by atoms with Gasteiger partial charge in [-0.25, -0.2) is 10.2 Å². The van der Waals surface area contributed by atoms with E-state index in [-0.39, 0.29) is 12.6 Å².